The summed E-state index contributed by atoms with van der Waals surface area (Å²) in [6.45, 7) is 2.90. The molecule has 2 heterocycles. The molecule has 1 fully saturated rings. The van der Waals surface area contributed by atoms with Crippen LogP contribution in [0, 0.1) is 6.92 Å². The quantitative estimate of drug-likeness (QED) is 0.648. The number of rotatable bonds is 1. The highest BCUT2D eigenvalue weighted by Crippen LogP contribution is 2.20. The van der Waals surface area contributed by atoms with Gasteiger partial charge in [-0.1, -0.05) is 5.16 Å². The van der Waals surface area contributed by atoms with Crippen molar-refractivity contribution in [2.24, 2.45) is 0 Å². The van der Waals surface area contributed by atoms with E-state index in [-0.39, 0.29) is 0 Å². The minimum absolute atomic E-state index is 0.302. The van der Waals surface area contributed by atoms with Crippen molar-refractivity contribution in [2.45, 2.75) is 25.8 Å². The molecular weight excluding hydrogens is 142 g/mol. The van der Waals surface area contributed by atoms with E-state index in [2.05, 4.69) is 15.5 Å². The molecule has 1 aromatic heterocycles. The number of aromatic nitrogens is 2. The molecule has 0 unspecified atom stereocenters. The van der Waals surface area contributed by atoms with Crippen LogP contribution in [0.2, 0.25) is 0 Å². The van der Waals surface area contributed by atoms with Crippen molar-refractivity contribution in [3.63, 3.8) is 0 Å². The van der Waals surface area contributed by atoms with Gasteiger partial charge in [0.15, 0.2) is 5.82 Å². The Bertz CT molecular complexity index is 240. The van der Waals surface area contributed by atoms with E-state index < -0.39 is 0 Å². The molecule has 0 amide bonds. The smallest absolute Gasteiger partial charge is 0.243 e. The van der Waals surface area contributed by atoms with Gasteiger partial charge in [-0.05, 0) is 26.3 Å². The molecular formula is C7H11N3O. The highest BCUT2D eigenvalue weighted by Gasteiger charge is 2.21. The Morgan fingerprint density at radius 3 is 3.09 bits per heavy atom. The summed E-state index contributed by atoms with van der Waals surface area (Å²) in [7, 11) is 0. The van der Waals surface area contributed by atoms with Crippen LogP contribution in [0.1, 0.15) is 30.6 Å². The molecule has 0 aliphatic carbocycles. The first-order valence-electron chi connectivity index (χ1n) is 3.90. The van der Waals surface area contributed by atoms with E-state index in [4.69, 9.17) is 4.52 Å². The maximum Gasteiger partial charge on any atom is 0.243 e. The van der Waals surface area contributed by atoms with E-state index in [0.29, 0.717) is 11.9 Å². The van der Waals surface area contributed by atoms with Crippen LogP contribution in [0.5, 0.6) is 0 Å². The summed E-state index contributed by atoms with van der Waals surface area (Å²) in [6.07, 6.45) is 2.31. The molecule has 0 aromatic carbocycles. The van der Waals surface area contributed by atoms with Crippen molar-refractivity contribution >= 4 is 0 Å². The van der Waals surface area contributed by atoms with Gasteiger partial charge in [0.2, 0.25) is 5.89 Å². The van der Waals surface area contributed by atoms with Crippen LogP contribution in [-0.4, -0.2) is 16.7 Å². The zero-order valence-electron chi connectivity index (χ0n) is 6.50. The van der Waals surface area contributed by atoms with Crippen LogP contribution in [0.15, 0.2) is 4.52 Å². The second-order valence-electron chi connectivity index (χ2n) is 2.83. The van der Waals surface area contributed by atoms with Crippen LogP contribution in [-0.2, 0) is 0 Å². The number of hydrogen-bond acceptors (Lipinski definition) is 4. The number of nitrogens with one attached hydrogen (secondary N) is 1. The second-order valence-corrected chi connectivity index (χ2v) is 2.83. The zero-order valence-corrected chi connectivity index (χ0v) is 6.50. The average Bonchev–Trinajstić information content (AvgIpc) is 2.55. The minimum Gasteiger partial charge on any atom is -0.338 e. The minimum atomic E-state index is 0.302. The molecule has 1 saturated heterocycles. The highest BCUT2D eigenvalue weighted by atomic mass is 16.5. The maximum absolute atomic E-state index is 5.02. The maximum atomic E-state index is 5.02. The summed E-state index contributed by atoms with van der Waals surface area (Å²) in [6, 6.07) is 0.302. The van der Waals surface area contributed by atoms with Gasteiger partial charge in [-0.2, -0.15) is 4.98 Å². The summed E-state index contributed by atoms with van der Waals surface area (Å²) in [5.74, 6) is 1.45. The Kier molecular flexibility index (Phi) is 1.62. The molecule has 0 spiro atoms. The van der Waals surface area contributed by atoms with Gasteiger partial charge in [0, 0.05) is 0 Å². The third-order valence-corrected chi connectivity index (χ3v) is 1.90. The number of aryl methyl sites for hydroxylation is 1. The third-order valence-electron chi connectivity index (χ3n) is 1.90. The largest absolute Gasteiger partial charge is 0.338 e. The van der Waals surface area contributed by atoms with Crippen LogP contribution < -0.4 is 5.32 Å². The third kappa shape index (κ3) is 1.26. The molecule has 1 atom stereocenters. The fourth-order valence-electron chi connectivity index (χ4n) is 1.35. The first kappa shape index (κ1) is 6.79. The summed E-state index contributed by atoms with van der Waals surface area (Å²) in [5.41, 5.74) is 0. The van der Waals surface area contributed by atoms with Gasteiger partial charge in [0.1, 0.15) is 0 Å². The van der Waals surface area contributed by atoms with Gasteiger partial charge in [-0.15, -0.1) is 0 Å². The molecule has 0 saturated carbocycles. The lowest BCUT2D eigenvalue weighted by molar-refractivity contribution is 0.342. The first-order chi connectivity index (χ1) is 5.36. The van der Waals surface area contributed by atoms with Crippen LogP contribution in [0.3, 0.4) is 0 Å². The van der Waals surface area contributed by atoms with Crippen LogP contribution in [0.25, 0.3) is 0 Å². The fraction of sp³-hybridized carbons (Fsp3) is 0.714. The normalized spacial score (nSPS) is 24.3. The molecule has 0 radical (unpaired) electrons. The van der Waals surface area contributed by atoms with E-state index in [1.165, 1.54) is 6.42 Å². The Morgan fingerprint density at radius 2 is 2.55 bits per heavy atom. The monoisotopic (exact) mass is 153 g/mol. The molecule has 4 heteroatoms. The summed E-state index contributed by atoms with van der Waals surface area (Å²) in [5, 5.41) is 7.03. The summed E-state index contributed by atoms with van der Waals surface area (Å²) >= 11 is 0. The van der Waals surface area contributed by atoms with Gasteiger partial charge in [0.25, 0.3) is 0 Å². The molecule has 1 aliphatic rings. The lowest BCUT2D eigenvalue weighted by atomic mass is 10.2. The van der Waals surface area contributed by atoms with Gasteiger partial charge < -0.3 is 9.84 Å². The van der Waals surface area contributed by atoms with Crippen molar-refractivity contribution in [1.82, 2.24) is 15.5 Å². The van der Waals surface area contributed by atoms with Gasteiger partial charge in [-0.25, -0.2) is 0 Å². The number of hydrogen-bond donors (Lipinski definition) is 1. The van der Waals surface area contributed by atoms with E-state index in [9.17, 15) is 0 Å². The molecule has 11 heavy (non-hydrogen) atoms. The van der Waals surface area contributed by atoms with Crippen molar-refractivity contribution in [3.05, 3.63) is 11.7 Å². The fourth-order valence-corrected chi connectivity index (χ4v) is 1.35. The molecule has 1 aromatic rings. The topological polar surface area (TPSA) is 51.0 Å². The number of nitrogens with zero attached hydrogens (tertiary/aromatic N) is 2. The van der Waals surface area contributed by atoms with Crippen molar-refractivity contribution in [2.75, 3.05) is 6.54 Å². The van der Waals surface area contributed by atoms with Crippen LogP contribution >= 0.6 is 0 Å². The van der Waals surface area contributed by atoms with Gasteiger partial charge in [0.05, 0.1) is 6.04 Å². The van der Waals surface area contributed by atoms with E-state index in [1.807, 2.05) is 6.92 Å². The average molecular weight is 153 g/mol. The van der Waals surface area contributed by atoms with Crippen molar-refractivity contribution < 1.29 is 4.52 Å². The van der Waals surface area contributed by atoms with E-state index in [1.54, 1.807) is 0 Å². The summed E-state index contributed by atoms with van der Waals surface area (Å²) in [4.78, 5) is 4.15. The van der Waals surface area contributed by atoms with Gasteiger partial charge >= 0.3 is 0 Å². The molecule has 1 aliphatic heterocycles. The Balaban J connectivity index is 2.15. The Morgan fingerprint density at radius 1 is 1.64 bits per heavy atom. The second kappa shape index (κ2) is 2.62. The molecule has 0 bridgehead atoms. The Hall–Kier alpha value is -0.900. The predicted octanol–water partition coefficient (Wildman–Crippen LogP) is 0.803. The van der Waals surface area contributed by atoms with E-state index in [0.717, 1.165) is 18.9 Å². The molecule has 1 N–H and O–H groups in total. The lowest BCUT2D eigenvalue weighted by Crippen LogP contribution is -2.12. The lowest BCUT2D eigenvalue weighted by Gasteiger charge is -2.00. The standard InChI is InChI=1S/C7H11N3O/c1-5-9-7(11-10-5)6-3-2-4-8-6/h6,8H,2-4H2,1H3/t6-/m1/s1. The van der Waals surface area contributed by atoms with E-state index >= 15 is 0 Å². The van der Waals surface area contributed by atoms with Crippen LogP contribution in [0.4, 0.5) is 0 Å². The zero-order chi connectivity index (χ0) is 7.68. The summed E-state index contributed by atoms with van der Waals surface area (Å²) < 4.78 is 5.02. The molecule has 60 valence electrons. The molecule has 2 rings (SSSR count). The highest BCUT2D eigenvalue weighted by molar-refractivity contribution is 4.93. The van der Waals surface area contributed by atoms with Crippen molar-refractivity contribution in [3.8, 4) is 0 Å². The van der Waals surface area contributed by atoms with Crippen molar-refractivity contribution in [1.29, 1.82) is 0 Å². The Labute approximate surface area is 65.0 Å². The van der Waals surface area contributed by atoms with Gasteiger partial charge in [-0.3, -0.25) is 0 Å². The SMILES string of the molecule is Cc1noc([C@H]2CCCN2)n1. The predicted molar refractivity (Wildman–Crippen MR) is 39.0 cm³/mol. The molecule has 4 nitrogen and oxygen atoms in total. The first-order valence-corrected chi connectivity index (χ1v) is 3.90.